The van der Waals surface area contributed by atoms with Gasteiger partial charge in [0.05, 0.1) is 11.9 Å². The maximum Gasteiger partial charge on any atom is 0.422 e. The Hall–Kier alpha value is -2.75. The molecule has 0 aliphatic rings. The SMILES string of the molecule is Cc1ccc(C(=O)Nc2ccc(OCC(F)(F)F)cc2)cc1NS(C)(=O)=O. The summed E-state index contributed by atoms with van der Waals surface area (Å²) in [5.41, 5.74) is 1.48. The minimum atomic E-state index is -4.43. The molecule has 2 aromatic rings. The van der Waals surface area contributed by atoms with E-state index in [-0.39, 0.29) is 17.0 Å². The van der Waals surface area contributed by atoms with Gasteiger partial charge in [0, 0.05) is 11.3 Å². The highest BCUT2D eigenvalue weighted by Gasteiger charge is 2.28. The minimum absolute atomic E-state index is 0.0142. The number of anilines is 2. The average molecular weight is 402 g/mol. The highest BCUT2D eigenvalue weighted by molar-refractivity contribution is 7.92. The van der Waals surface area contributed by atoms with Gasteiger partial charge in [0.25, 0.3) is 5.91 Å². The van der Waals surface area contributed by atoms with E-state index in [0.717, 1.165) is 6.26 Å². The van der Waals surface area contributed by atoms with E-state index in [1.165, 1.54) is 36.4 Å². The first kappa shape index (κ1) is 20.6. The van der Waals surface area contributed by atoms with Gasteiger partial charge in [-0.2, -0.15) is 13.2 Å². The summed E-state index contributed by atoms with van der Waals surface area (Å²) in [5, 5.41) is 2.57. The van der Waals surface area contributed by atoms with Gasteiger partial charge in [-0.25, -0.2) is 8.42 Å². The number of nitrogens with one attached hydrogen (secondary N) is 2. The Bertz CT molecular complexity index is 926. The zero-order valence-corrected chi connectivity index (χ0v) is 15.2. The molecular weight excluding hydrogens is 385 g/mol. The van der Waals surface area contributed by atoms with Crippen LogP contribution in [0.2, 0.25) is 0 Å². The second-order valence-corrected chi connectivity index (χ2v) is 7.53. The molecule has 0 unspecified atom stereocenters. The second kappa shape index (κ2) is 7.87. The maximum atomic E-state index is 12.3. The van der Waals surface area contributed by atoms with E-state index in [1.54, 1.807) is 13.0 Å². The second-order valence-electron chi connectivity index (χ2n) is 5.79. The van der Waals surface area contributed by atoms with Crippen LogP contribution in [0.1, 0.15) is 15.9 Å². The molecule has 0 saturated carbocycles. The monoisotopic (exact) mass is 402 g/mol. The Kier molecular flexibility index (Phi) is 5.99. The smallest absolute Gasteiger partial charge is 0.422 e. The summed E-state index contributed by atoms with van der Waals surface area (Å²) in [6.07, 6.45) is -3.43. The first-order chi connectivity index (χ1) is 12.4. The van der Waals surface area contributed by atoms with Gasteiger partial charge >= 0.3 is 6.18 Å². The zero-order chi connectivity index (χ0) is 20.2. The van der Waals surface area contributed by atoms with Gasteiger partial charge in [-0.15, -0.1) is 0 Å². The molecule has 27 heavy (non-hydrogen) atoms. The van der Waals surface area contributed by atoms with Gasteiger partial charge in [0.1, 0.15) is 5.75 Å². The molecule has 2 N–H and O–H groups in total. The molecule has 0 aliphatic heterocycles. The van der Waals surface area contributed by atoms with Crippen molar-refractivity contribution < 1.29 is 31.1 Å². The molecule has 0 spiro atoms. The van der Waals surface area contributed by atoms with E-state index in [0.29, 0.717) is 11.3 Å². The van der Waals surface area contributed by atoms with Crippen LogP contribution in [0.4, 0.5) is 24.5 Å². The zero-order valence-electron chi connectivity index (χ0n) is 14.4. The Labute approximate surface area is 154 Å². The average Bonchev–Trinajstić information content (AvgIpc) is 2.54. The molecule has 0 heterocycles. The number of alkyl halides is 3. The van der Waals surface area contributed by atoms with Gasteiger partial charge in [-0.3, -0.25) is 9.52 Å². The summed E-state index contributed by atoms with van der Waals surface area (Å²) in [7, 11) is -3.50. The van der Waals surface area contributed by atoms with Crippen LogP contribution in [0.25, 0.3) is 0 Å². The predicted molar refractivity (Wildman–Crippen MR) is 95.6 cm³/mol. The summed E-state index contributed by atoms with van der Waals surface area (Å²) in [5.74, 6) is -0.490. The largest absolute Gasteiger partial charge is 0.484 e. The third-order valence-electron chi connectivity index (χ3n) is 3.31. The fraction of sp³-hybridized carbons (Fsp3) is 0.235. The van der Waals surface area contributed by atoms with Crippen molar-refractivity contribution in [3.8, 4) is 5.75 Å². The molecule has 0 radical (unpaired) electrons. The van der Waals surface area contributed by atoms with Crippen molar-refractivity contribution in [2.75, 3.05) is 22.9 Å². The Morgan fingerprint density at radius 1 is 1.11 bits per heavy atom. The molecule has 10 heteroatoms. The molecule has 2 rings (SSSR count). The molecule has 0 aromatic heterocycles. The predicted octanol–water partition coefficient (Wildman–Crippen LogP) is 3.56. The first-order valence-corrected chi connectivity index (χ1v) is 9.51. The number of benzene rings is 2. The molecule has 0 fully saturated rings. The number of amides is 1. The third kappa shape index (κ3) is 6.81. The number of sulfonamides is 1. The summed E-state index contributed by atoms with van der Waals surface area (Å²) < 4.78 is 66.0. The summed E-state index contributed by atoms with van der Waals surface area (Å²) in [6.45, 7) is 0.285. The summed E-state index contributed by atoms with van der Waals surface area (Å²) in [6, 6.07) is 9.91. The number of carbonyl (C=O) groups excluding carboxylic acids is 1. The quantitative estimate of drug-likeness (QED) is 0.774. The van der Waals surface area contributed by atoms with Crippen molar-refractivity contribution >= 4 is 27.3 Å². The van der Waals surface area contributed by atoms with Crippen molar-refractivity contribution in [2.45, 2.75) is 13.1 Å². The molecule has 6 nitrogen and oxygen atoms in total. The third-order valence-corrected chi connectivity index (χ3v) is 3.90. The lowest BCUT2D eigenvalue weighted by Crippen LogP contribution is -2.19. The van der Waals surface area contributed by atoms with Crippen LogP contribution in [0.15, 0.2) is 42.5 Å². The lowest BCUT2D eigenvalue weighted by molar-refractivity contribution is -0.153. The highest BCUT2D eigenvalue weighted by Crippen LogP contribution is 2.22. The molecular formula is C17H17F3N2O4S. The lowest BCUT2D eigenvalue weighted by atomic mass is 10.1. The Balaban J connectivity index is 2.07. The highest BCUT2D eigenvalue weighted by atomic mass is 32.2. The Morgan fingerprint density at radius 2 is 1.74 bits per heavy atom. The summed E-state index contributed by atoms with van der Waals surface area (Å²) in [4.78, 5) is 12.3. The van der Waals surface area contributed by atoms with E-state index >= 15 is 0 Å². The van der Waals surface area contributed by atoms with Crippen LogP contribution in [0.5, 0.6) is 5.75 Å². The maximum absolute atomic E-state index is 12.3. The number of aryl methyl sites for hydroxylation is 1. The summed E-state index contributed by atoms with van der Waals surface area (Å²) >= 11 is 0. The van der Waals surface area contributed by atoms with Crippen LogP contribution in [-0.2, 0) is 10.0 Å². The van der Waals surface area contributed by atoms with E-state index in [4.69, 9.17) is 0 Å². The van der Waals surface area contributed by atoms with Crippen molar-refractivity contribution in [1.29, 1.82) is 0 Å². The first-order valence-electron chi connectivity index (χ1n) is 7.62. The van der Waals surface area contributed by atoms with E-state index < -0.39 is 28.7 Å². The lowest BCUT2D eigenvalue weighted by Gasteiger charge is -2.12. The molecule has 0 saturated heterocycles. The number of rotatable bonds is 6. The molecule has 0 atom stereocenters. The van der Waals surface area contributed by atoms with Crippen molar-refractivity contribution in [3.63, 3.8) is 0 Å². The van der Waals surface area contributed by atoms with E-state index in [1.807, 2.05) is 0 Å². The van der Waals surface area contributed by atoms with Crippen LogP contribution < -0.4 is 14.8 Å². The fourth-order valence-electron chi connectivity index (χ4n) is 2.08. The number of carbonyl (C=O) groups is 1. The molecule has 2 aromatic carbocycles. The van der Waals surface area contributed by atoms with Crippen LogP contribution in [-0.4, -0.2) is 33.4 Å². The number of hydrogen-bond acceptors (Lipinski definition) is 4. The van der Waals surface area contributed by atoms with Crippen LogP contribution in [0, 0.1) is 6.92 Å². The molecule has 1 amide bonds. The molecule has 0 aliphatic carbocycles. The Morgan fingerprint density at radius 3 is 2.30 bits per heavy atom. The van der Waals surface area contributed by atoms with Gasteiger partial charge in [-0.1, -0.05) is 6.07 Å². The van der Waals surface area contributed by atoms with Crippen LogP contribution >= 0.6 is 0 Å². The number of hydrogen-bond donors (Lipinski definition) is 2. The normalized spacial score (nSPS) is 11.7. The number of halogens is 3. The molecule has 0 bridgehead atoms. The van der Waals surface area contributed by atoms with Crippen molar-refractivity contribution in [3.05, 3.63) is 53.6 Å². The van der Waals surface area contributed by atoms with Gasteiger partial charge in [0.2, 0.25) is 10.0 Å². The van der Waals surface area contributed by atoms with Gasteiger partial charge in [0.15, 0.2) is 6.61 Å². The van der Waals surface area contributed by atoms with E-state index in [2.05, 4.69) is 14.8 Å². The van der Waals surface area contributed by atoms with Crippen LogP contribution in [0.3, 0.4) is 0 Å². The van der Waals surface area contributed by atoms with Gasteiger partial charge in [-0.05, 0) is 48.9 Å². The van der Waals surface area contributed by atoms with Crippen molar-refractivity contribution in [2.24, 2.45) is 0 Å². The van der Waals surface area contributed by atoms with Crippen molar-refractivity contribution in [1.82, 2.24) is 0 Å². The fourth-order valence-corrected chi connectivity index (χ4v) is 2.70. The molecule has 146 valence electrons. The number of ether oxygens (including phenoxy) is 1. The van der Waals surface area contributed by atoms with Gasteiger partial charge < -0.3 is 10.1 Å². The minimum Gasteiger partial charge on any atom is -0.484 e. The van der Waals surface area contributed by atoms with E-state index in [9.17, 15) is 26.4 Å². The topological polar surface area (TPSA) is 84.5 Å². The standard InChI is InChI=1S/C17H17F3N2O4S/c1-11-3-4-12(9-15(11)22-27(2,24)25)16(23)21-13-5-7-14(8-6-13)26-10-17(18,19)20/h3-9,22H,10H2,1-2H3,(H,21,23).